The number of nitrogens with zero attached hydrogens (tertiary/aromatic N) is 2. The summed E-state index contributed by atoms with van der Waals surface area (Å²) in [5.41, 5.74) is -0.303. The van der Waals surface area contributed by atoms with Crippen molar-refractivity contribution in [2.24, 2.45) is 0 Å². The van der Waals surface area contributed by atoms with Gasteiger partial charge in [-0.1, -0.05) is 31.0 Å². The van der Waals surface area contributed by atoms with Gasteiger partial charge in [0.1, 0.15) is 12.1 Å². The van der Waals surface area contributed by atoms with Crippen LogP contribution in [-0.2, 0) is 19.4 Å². The van der Waals surface area contributed by atoms with Crippen LogP contribution in [0.25, 0.3) is 0 Å². The van der Waals surface area contributed by atoms with E-state index in [4.69, 9.17) is 0 Å². The lowest BCUT2D eigenvalue weighted by Crippen LogP contribution is -2.49. The second-order valence-corrected chi connectivity index (χ2v) is 10.00. The minimum absolute atomic E-state index is 0.0283. The number of carbonyl (C=O) groups is 3. The van der Waals surface area contributed by atoms with E-state index in [9.17, 15) is 22.8 Å². The Kier molecular flexibility index (Phi) is 4.65. The molecule has 1 spiro atoms. The Hall–Kier alpha value is -2.42. The van der Waals surface area contributed by atoms with Gasteiger partial charge < -0.3 is 10.2 Å². The molecule has 0 aromatic heterocycles. The number of nitrogens with one attached hydrogen (secondary N) is 1. The number of sulfone groups is 1. The Morgan fingerprint density at radius 3 is 2.46 bits per heavy atom. The van der Waals surface area contributed by atoms with E-state index in [0.29, 0.717) is 24.9 Å². The minimum atomic E-state index is -3.20. The molecule has 4 rings (SSSR count). The number of benzene rings is 1. The van der Waals surface area contributed by atoms with Crippen molar-refractivity contribution in [3.05, 3.63) is 30.3 Å². The highest BCUT2D eigenvalue weighted by molar-refractivity contribution is 7.91. The van der Waals surface area contributed by atoms with Crippen LogP contribution in [0.5, 0.6) is 0 Å². The molecule has 2 saturated heterocycles. The average Bonchev–Trinajstić information content (AvgIpc) is 3.32. The highest BCUT2D eigenvalue weighted by Gasteiger charge is 2.53. The fourth-order valence-corrected chi connectivity index (χ4v) is 6.17. The van der Waals surface area contributed by atoms with Crippen molar-refractivity contribution in [2.45, 2.75) is 43.7 Å². The molecule has 3 aliphatic rings. The smallest absolute Gasteiger partial charge is 0.323 e. The zero-order valence-corrected chi connectivity index (χ0v) is 16.3. The van der Waals surface area contributed by atoms with Crippen molar-refractivity contribution >= 4 is 33.4 Å². The van der Waals surface area contributed by atoms with E-state index in [-0.39, 0.29) is 17.4 Å². The van der Waals surface area contributed by atoms with Gasteiger partial charge in [-0.3, -0.25) is 14.5 Å². The van der Waals surface area contributed by atoms with Crippen molar-refractivity contribution in [1.29, 1.82) is 0 Å². The predicted molar refractivity (Wildman–Crippen MR) is 102 cm³/mol. The zero-order chi connectivity index (χ0) is 19.9. The maximum Gasteiger partial charge on any atom is 0.325 e. The molecule has 0 radical (unpaired) electrons. The van der Waals surface area contributed by atoms with Gasteiger partial charge in [0.15, 0.2) is 9.84 Å². The molecular weight excluding hydrogens is 382 g/mol. The second-order valence-electron chi connectivity index (χ2n) is 7.77. The summed E-state index contributed by atoms with van der Waals surface area (Å²) in [7, 11) is -3.20. The molecule has 2 aliphatic heterocycles. The SMILES string of the molecule is O=C1NC2(CCCC2)C(=O)N1CC(=O)N(c1ccccc1)C1CCS(=O)(=O)C1. The molecule has 4 amide bonds. The van der Waals surface area contributed by atoms with E-state index < -0.39 is 39.9 Å². The molecule has 1 aromatic rings. The first kappa shape index (κ1) is 18.9. The average molecular weight is 405 g/mol. The van der Waals surface area contributed by atoms with Crippen molar-refractivity contribution in [1.82, 2.24) is 10.2 Å². The monoisotopic (exact) mass is 405 g/mol. The normalized spacial score (nSPS) is 25.3. The van der Waals surface area contributed by atoms with Gasteiger partial charge in [0.2, 0.25) is 5.91 Å². The number of rotatable bonds is 4. The van der Waals surface area contributed by atoms with Crippen molar-refractivity contribution < 1.29 is 22.8 Å². The fourth-order valence-electron chi connectivity index (χ4n) is 4.47. The summed E-state index contributed by atoms with van der Waals surface area (Å²) >= 11 is 0. The van der Waals surface area contributed by atoms with Crippen LogP contribution in [0.2, 0.25) is 0 Å². The Labute approximate surface area is 163 Å². The molecule has 1 aliphatic carbocycles. The summed E-state index contributed by atoms with van der Waals surface area (Å²) in [5, 5.41) is 2.77. The number of para-hydroxylation sites is 1. The van der Waals surface area contributed by atoms with Gasteiger partial charge in [-0.25, -0.2) is 13.2 Å². The first-order chi connectivity index (χ1) is 13.3. The summed E-state index contributed by atoms with van der Waals surface area (Å²) in [6.45, 7) is -0.391. The summed E-state index contributed by atoms with van der Waals surface area (Å²) in [6, 6.07) is 7.74. The van der Waals surface area contributed by atoms with Gasteiger partial charge in [-0.05, 0) is 31.4 Å². The largest absolute Gasteiger partial charge is 0.325 e. The van der Waals surface area contributed by atoms with Crippen LogP contribution in [0, 0.1) is 0 Å². The number of urea groups is 1. The quantitative estimate of drug-likeness (QED) is 0.755. The van der Waals surface area contributed by atoms with Crippen LogP contribution in [0.1, 0.15) is 32.1 Å². The molecule has 0 bridgehead atoms. The lowest BCUT2D eigenvalue weighted by atomic mass is 9.98. The van der Waals surface area contributed by atoms with Crippen LogP contribution in [0.3, 0.4) is 0 Å². The molecule has 3 fully saturated rings. The number of anilines is 1. The second kappa shape index (κ2) is 6.88. The molecule has 1 saturated carbocycles. The van der Waals surface area contributed by atoms with Gasteiger partial charge in [0.05, 0.1) is 17.5 Å². The fraction of sp³-hybridized carbons (Fsp3) is 0.526. The van der Waals surface area contributed by atoms with Gasteiger partial charge >= 0.3 is 6.03 Å². The third-order valence-electron chi connectivity index (χ3n) is 5.87. The van der Waals surface area contributed by atoms with Crippen LogP contribution >= 0.6 is 0 Å². The van der Waals surface area contributed by atoms with Gasteiger partial charge in [-0.2, -0.15) is 0 Å². The highest BCUT2D eigenvalue weighted by Crippen LogP contribution is 2.35. The van der Waals surface area contributed by atoms with Gasteiger partial charge in [0, 0.05) is 5.69 Å². The van der Waals surface area contributed by atoms with E-state index in [1.54, 1.807) is 30.3 Å². The van der Waals surface area contributed by atoms with E-state index in [2.05, 4.69) is 5.32 Å². The van der Waals surface area contributed by atoms with E-state index >= 15 is 0 Å². The topological polar surface area (TPSA) is 104 Å². The molecular formula is C19H23N3O5S. The summed E-state index contributed by atoms with van der Waals surface area (Å²) in [5.74, 6) is -0.889. The van der Waals surface area contributed by atoms with Crippen molar-refractivity contribution in [3.8, 4) is 0 Å². The molecule has 8 nitrogen and oxygen atoms in total. The molecule has 1 atom stereocenters. The first-order valence-corrected chi connectivity index (χ1v) is 11.4. The lowest BCUT2D eigenvalue weighted by molar-refractivity contribution is -0.134. The summed E-state index contributed by atoms with van der Waals surface area (Å²) < 4.78 is 23.9. The Bertz CT molecular complexity index is 909. The molecule has 9 heteroatoms. The molecule has 1 unspecified atom stereocenters. The van der Waals surface area contributed by atoms with Gasteiger partial charge in [-0.15, -0.1) is 0 Å². The Morgan fingerprint density at radius 2 is 1.86 bits per heavy atom. The third-order valence-corrected chi connectivity index (χ3v) is 7.62. The van der Waals surface area contributed by atoms with Crippen molar-refractivity contribution in [3.63, 3.8) is 0 Å². The molecule has 150 valence electrons. The molecule has 1 aromatic carbocycles. The first-order valence-electron chi connectivity index (χ1n) is 9.53. The van der Waals surface area contributed by atoms with E-state index in [0.717, 1.165) is 17.7 Å². The number of imide groups is 1. The molecule has 1 N–H and O–H groups in total. The number of carbonyl (C=O) groups excluding carboxylic acids is 3. The lowest BCUT2D eigenvalue weighted by Gasteiger charge is -2.30. The van der Waals surface area contributed by atoms with Crippen LogP contribution < -0.4 is 10.2 Å². The summed E-state index contributed by atoms with van der Waals surface area (Å²) in [6.07, 6.45) is 3.25. The maximum absolute atomic E-state index is 13.1. The van der Waals surface area contributed by atoms with Gasteiger partial charge in [0.25, 0.3) is 5.91 Å². The standard InChI is InChI=1S/C19H23N3O5S/c23-16(12-21-17(24)19(20-18(21)25)9-4-5-10-19)22(14-6-2-1-3-7-14)15-8-11-28(26,27)13-15/h1-3,6-7,15H,4-5,8-13H2,(H,20,25). The van der Waals surface area contributed by atoms with Crippen LogP contribution in [-0.4, -0.2) is 60.8 Å². The third kappa shape index (κ3) is 3.28. The number of hydrogen-bond acceptors (Lipinski definition) is 5. The number of hydrogen-bond donors (Lipinski definition) is 1. The molecule has 28 heavy (non-hydrogen) atoms. The summed E-state index contributed by atoms with van der Waals surface area (Å²) in [4.78, 5) is 40.8. The van der Waals surface area contributed by atoms with Crippen LogP contribution in [0.4, 0.5) is 10.5 Å². The predicted octanol–water partition coefficient (Wildman–Crippen LogP) is 1.07. The maximum atomic E-state index is 13.1. The Balaban J connectivity index is 1.58. The highest BCUT2D eigenvalue weighted by atomic mass is 32.2. The van der Waals surface area contributed by atoms with E-state index in [1.807, 2.05) is 0 Å². The van der Waals surface area contributed by atoms with Crippen molar-refractivity contribution in [2.75, 3.05) is 23.0 Å². The van der Waals surface area contributed by atoms with Crippen LogP contribution in [0.15, 0.2) is 30.3 Å². The molecule has 2 heterocycles. The number of amides is 4. The zero-order valence-electron chi connectivity index (χ0n) is 15.5. The minimum Gasteiger partial charge on any atom is -0.323 e. The Morgan fingerprint density at radius 1 is 1.18 bits per heavy atom. The van der Waals surface area contributed by atoms with E-state index in [1.165, 1.54) is 4.90 Å².